The lowest BCUT2D eigenvalue weighted by Crippen LogP contribution is -2.62. The quantitative estimate of drug-likeness (QED) is 0.178. The Hall–Kier alpha value is -4.02. The van der Waals surface area contributed by atoms with Crippen molar-refractivity contribution >= 4 is 29.2 Å². The molecule has 6 rings (SSSR count). The number of nitrogens with zero attached hydrogens (tertiary/aromatic N) is 1. The van der Waals surface area contributed by atoms with Crippen molar-refractivity contribution in [3.8, 4) is 5.75 Å². The van der Waals surface area contributed by atoms with Crippen LogP contribution in [0.25, 0.3) is 5.57 Å². The zero-order valence-electron chi connectivity index (χ0n) is 26.1. The average Bonchev–Trinajstić information content (AvgIpc) is 3.82. The first-order valence-corrected chi connectivity index (χ1v) is 16.4. The summed E-state index contributed by atoms with van der Waals surface area (Å²) in [6.45, 7) is 2.83. The van der Waals surface area contributed by atoms with Crippen molar-refractivity contribution < 1.29 is 32.2 Å². The number of piperazine rings is 1. The van der Waals surface area contributed by atoms with Crippen LogP contribution in [0, 0.1) is 17.5 Å². The molecule has 0 aromatic heterocycles. The Morgan fingerprint density at radius 1 is 1.02 bits per heavy atom. The van der Waals surface area contributed by atoms with Gasteiger partial charge in [-0.05, 0) is 85.9 Å². The fourth-order valence-corrected chi connectivity index (χ4v) is 6.73. The molecule has 1 saturated carbocycles. The summed E-state index contributed by atoms with van der Waals surface area (Å²) in [5, 5.41) is 7.57. The topological polar surface area (TPSA) is 79.9 Å². The highest BCUT2D eigenvalue weighted by molar-refractivity contribution is 6.31. The van der Waals surface area contributed by atoms with Crippen LogP contribution in [0.1, 0.15) is 49.3 Å². The highest BCUT2D eigenvalue weighted by atomic mass is 35.5. The van der Waals surface area contributed by atoms with Gasteiger partial charge >= 0.3 is 6.09 Å². The number of rotatable bonds is 11. The maximum absolute atomic E-state index is 14.2. The fraction of sp³-hybridized carbons (Fsp3) is 0.389. The number of nitrogens with one attached hydrogen (secondary N) is 2. The Morgan fingerprint density at radius 2 is 1.77 bits per heavy atom. The van der Waals surface area contributed by atoms with E-state index < -0.39 is 23.2 Å². The van der Waals surface area contributed by atoms with Crippen LogP contribution in [0.15, 0.2) is 66.2 Å². The normalized spacial score (nSPS) is 19.7. The van der Waals surface area contributed by atoms with Crippen LogP contribution in [-0.2, 0) is 22.4 Å². The number of halogens is 4. The third-order valence-corrected chi connectivity index (χ3v) is 9.42. The van der Waals surface area contributed by atoms with Gasteiger partial charge in [0.2, 0.25) is 11.7 Å². The molecule has 3 aliphatic rings. The van der Waals surface area contributed by atoms with Crippen LogP contribution in [-0.4, -0.2) is 60.8 Å². The molecule has 2 bridgehead atoms. The molecule has 3 aromatic rings. The minimum atomic E-state index is -1.34. The summed E-state index contributed by atoms with van der Waals surface area (Å²) in [4.78, 5) is 28.5. The van der Waals surface area contributed by atoms with Gasteiger partial charge in [-0.2, -0.15) is 4.39 Å². The lowest BCUT2D eigenvalue weighted by molar-refractivity contribution is -0.119. The number of carbonyl (C=O) groups is 2. The highest BCUT2D eigenvalue weighted by Crippen LogP contribution is 2.41. The van der Waals surface area contributed by atoms with E-state index in [4.69, 9.17) is 21.1 Å². The summed E-state index contributed by atoms with van der Waals surface area (Å²) in [5.41, 5.74) is 4.04. The molecule has 248 valence electrons. The van der Waals surface area contributed by atoms with Crippen molar-refractivity contribution in [2.24, 2.45) is 0 Å². The Morgan fingerprint density at radius 3 is 2.49 bits per heavy atom. The highest BCUT2D eigenvalue weighted by Gasteiger charge is 2.47. The summed E-state index contributed by atoms with van der Waals surface area (Å²) in [7, 11) is 0. The second-order valence-electron chi connectivity index (χ2n) is 12.4. The van der Waals surface area contributed by atoms with E-state index in [0.717, 1.165) is 47.2 Å². The number of fused-ring (bicyclic) bond motifs is 2. The molecule has 3 aromatic carbocycles. The molecule has 1 saturated heterocycles. The van der Waals surface area contributed by atoms with Crippen molar-refractivity contribution in [2.45, 2.75) is 63.1 Å². The van der Waals surface area contributed by atoms with Crippen LogP contribution in [0.5, 0.6) is 5.75 Å². The smallest absolute Gasteiger partial charge is 0.409 e. The van der Waals surface area contributed by atoms with Crippen molar-refractivity contribution in [3.63, 3.8) is 0 Å². The van der Waals surface area contributed by atoms with Gasteiger partial charge < -0.3 is 25.0 Å². The van der Waals surface area contributed by atoms with E-state index in [9.17, 15) is 22.8 Å². The van der Waals surface area contributed by atoms with E-state index in [-0.39, 0.29) is 42.8 Å². The van der Waals surface area contributed by atoms with Crippen molar-refractivity contribution in [3.05, 3.63) is 105 Å². The van der Waals surface area contributed by atoms with E-state index >= 15 is 0 Å². The first-order valence-electron chi connectivity index (χ1n) is 16.0. The van der Waals surface area contributed by atoms with Gasteiger partial charge in [-0.25, -0.2) is 13.6 Å². The zero-order valence-corrected chi connectivity index (χ0v) is 26.8. The fourth-order valence-electron chi connectivity index (χ4n) is 6.52. The van der Waals surface area contributed by atoms with Crippen LogP contribution in [0.3, 0.4) is 0 Å². The lowest BCUT2D eigenvalue weighted by atomic mass is 9.82. The molecular formula is C36H37ClF3N3O4. The number of hydrogen-bond acceptors (Lipinski definition) is 5. The van der Waals surface area contributed by atoms with Gasteiger partial charge in [-0.1, -0.05) is 54.1 Å². The van der Waals surface area contributed by atoms with Crippen LogP contribution >= 0.6 is 11.6 Å². The standard InChI is InChI=1S/C36H37ClF3N3O4/c1-2-46-35(45)43-20-25-18-26(23-11-9-22(10-12-23)6-5-17-47-33-29(39)14-13-28(38)32(33)40)31(30(21-43)41-25)34(44)42-36(15-16-36)19-24-7-3-4-8-27(24)37/h3-4,7-14,25,30,41H,2,5-6,15-21H2,1H3,(H,42,44)/t25?,30-/m1/s1. The number of aryl methyl sites for hydroxylation is 1. The maximum atomic E-state index is 14.2. The van der Waals surface area contributed by atoms with Crippen molar-refractivity contribution in [2.75, 3.05) is 26.3 Å². The predicted molar refractivity (Wildman–Crippen MR) is 173 cm³/mol. The first kappa shape index (κ1) is 32.9. The van der Waals surface area contributed by atoms with E-state index in [1.165, 1.54) is 0 Å². The molecule has 2 N–H and O–H groups in total. The number of carbonyl (C=O) groups excluding carboxylic acids is 2. The molecule has 2 aliphatic heterocycles. The Bertz CT molecular complexity index is 1680. The Balaban J connectivity index is 1.19. The van der Waals surface area contributed by atoms with Gasteiger partial charge in [0.1, 0.15) is 0 Å². The molecule has 2 heterocycles. The molecule has 7 nitrogen and oxygen atoms in total. The number of amides is 2. The molecule has 2 amide bonds. The van der Waals surface area contributed by atoms with Gasteiger partial charge in [0.15, 0.2) is 17.4 Å². The summed E-state index contributed by atoms with van der Waals surface area (Å²) in [6, 6.07) is 16.7. The molecule has 1 aliphatic carbocycles. The first-order chi connectivity index (χ1) is 22.7. The summed E-state index contributed by atoms with van der Waals surface area (Å²) >= 11 is 6.45. The van der Waals surface area contributed by atoms with E-state index in [1.54, 1.807) is 11.8 Å². The molecule has 47 heavy (non-hydrogen) atoms. The monoisotopic (exact) mass is 667 g/mol. The predicted octanol–water partition coefficient (Wildman–Crippen LogP) is 6.62. The zero-order chi connectivity index (χ0) is 33.1. The largest absolute Gasteiger partial charge is 0.488 e. The summed E-state index contributed by atoms with van der Waals surface area (Å²) in [5.74, 6) is -4.32. The second kappa shape index (κ2) is 14.0. The summed E-state index contributed by atoms with van der Waals surface area (Å²) < 4.78 is 51.7. The number of benzene rings is 3. The minimum absolute atomic E-state index is 0.0104. The van der Waals surface area contributed by atoms with E-state index in [0.29, 0.717) is 49.4 Å². The molecule has 0 radical (unpaired) electrons. The van der Waals surface area contributed by atoms with Crippen LogP contribution < -0.4 is 15.4 Å². The maximum Gasteiger partial charge on any atom is 0.409 e. The van der Waals surface area contributed by atoms with Crippen molar-refractivity contribution in [1.29, 1.82) is 0 Å². The average molecular weight is 668 g/mol. The summed E-state index contributed by atoms with van der Waals surface area (Å²) in [6.07, 6.45) is 3.50. The SMILES string of the molecule is CCOC(=O)N1CC2CC(c3ccc(CCCOc4c(F)ccc(F)c4F)cc3)=C(C(=O)NC3(Cc4ccccc4Cl)CC3)[C@@H](C1)N2. The lowest BCUT2D eigenvalue weighted by Gasteiger charge is -2.43. The van der Waals surface area contributed by atoms with Crippen LogP contribution in [0.2, 0.25) is 5.02 Å². The van der Waals surface area contributed by atoms with E-state index in [2.05, 4.69) is 10.6 Å². The number of hydrogen-bond donors (Lipinski definition) is 2. The molecule has 1 unspecified atom stereocenters. The third kappa shape index (κ3) is 7.44. The molecule has 2 fully saturated rings. The Labute approximate surface area is 277 Å². The van der Waals surface area contributed by atoms with Crippen molar-refractivity contribution in [1.82, 2.24) is 15.5 Å². The number of ether oxygens (including phenoxy) is 2. The molecule has 0 spiro atoms. The van der Waals surface area contributed by atoms with Crippen LogP contribution in [0.4, 0.5) is 18.0 Å². The Kier molecular flexibility index (Phi) is 9.80. The van der Waals surface area contributed by atoms with Gasteiger partial charge in [-0.3, -0.25) is 4.79 Å². The molecular weight excluding hydrogens is 631 g/mol. The van der Waals surface area contributed by atoms with E-state index in [1.807, 2.05) is 48.5 Å². The molecule has 11 heteroatoms. The van der Waals surface area contributed by atoms with Gasteiger partial charge in [-0.15, -0.1) is 0 Å². The van der Waals surface area contributed by atoms with Gasteiger partial charge in [0.25, 0.3) is 0 Å². The second-order valence-corrected chi connectivity index (χ2v) is 12.8. The van der Waals surface area contributed by atoms with Gasteiger partial charge in [0, 0.05) is 35.3 Å². The van der Waals surface area contributed by atoms with Gasteiger partial charge in [0.05, 0.1) is 19.3 Å². The molecule has 2 atom stereocenters. The third-order valence-electron chi connectivity index (χ3n) is 9.05. The minimum Gasteiger partial charge on any atom is -0.488 e.